The maximum atomic E-state index is 12.0. The van der Waals surface area contributed by atoms with Crippen molar-refractivity contribution in [1.82, 2.24) is 0 Å². The predicted octanol–water partition coefficient (Wildman–Crippen LogP) is 3.17. The van der Waals surface area contributed by atoms with Gasteiger partial charge >= 0.3 is 11.9 Å². The molecule has 5 heteroatoms. The summed E-state index contributed by atoms with van der Waals surface area (Å²) in [6.07, 6.45) is 0. The van der Waals surface area contributed by atoms with E-state index >= 15 is 0 Å². The van der Waals surface area contributed by atoms with Gasteiger partial charge in [0.05, 0.1) is 16.5 Å². The van der Waals surface area contributed by atoms with Gasteiger partial charge in [0.2, 0.25) is 0 Å². The molecule has 0 aliphatic carbocycles. The van der Waals surface area contributed by atoms with E-state index in [1.54, 1.807) is 59.7 Å². The van der Waals surface area contributed by atoms with Crippen LogP contribution in [0.1, 0.15) is 41.5 Å². The first-order valence-electron chi connectivity index (χ1n) is 6.76. The quantitative estimate of drug-likeness (QED) is 0.514. The van der Waals surface area contributed by atoms with E-state index in [4.69, 9.17) is 15.2 Å². The Kier molecular flexibility index (Phi) is 4.66. The minimum absolute atomic E-state index is 0.0787. The summed E-state index contributed by atoms with van der Waals surface area (Å²) in [5.74, 6) is -0.655. The molecule has 0 aromatic heterocycles. The molecular formula is C16H23NO4. The Balaban J connectivity index is 3.10. The maximum Gasteiger partial charge on any atom is 0.316 e. The molecule has 21 heavy (non-hydrogen) atoms. The number of para-hydroxylation sites is 1. The minimum atomic E-state index is -0.687. The Hall–Kier alpha value is -2.04. The molecule has 0 unspecified atom stereocenters. The highest BCUT2D eigenvalue weighted by Crippen LogP contribution is 2.36. The summed E-state index contributed by atoms with van der Waals surface area (Å²) < 4.78 is 10.6. The summed E-state index contributed by atoms with van der Waals surface area (Å²) in [4.78, 5) is 24.0. The van der Waals surface area contributed by atoms with Crippen molar-refractivity contribution in [3.05, 3.63) is 18.2 Å². The van der Waals surface area contributed by atoms with Crippen LogP contribution in [0.25, 0.3) is 0 Å². The number of nitrogen functional groups attached to an aromatic ring is 1. The van der Waals surface area contributed by atoms with Gasteiger partial charge in [-0.1, -0.05) is 6.07 Å². The molecule has 0 saturated carbocycles. The lowest BCUT2D eigenvalue weighted by Crippen LogP contribution is -2.28. The van der Waals surface area contributed by atoms with Gasteiger partial charge in [0.15, 0.2) is 11.5 Å². The van der Waals surface area contributed by atoms with Gasteiger partial charge in [0.25, 0.3) is 0 Å². The van der Waals surface area contributed by atoms with E-state index in [-0.39, 0.29) is 17.2 Å². The highest BCUT2D eigenvalue weighted by molar-refractivity contribution is 5.83. The molecule has 1 rings (SSSR count). The Morgan fingerprint density at radius 2 is 1.38 bits per heavy atom. The number of ether oxygens (including phenoxy) is 2. The fourth-order valence-corrected chi connectivity index (χ4v) is 1.22. The first-order chi connectivity index (χ1) is 9.43. The molecule has 0 saturated heterocycles. The third kappa shape index (κ3) is 4.48. The lowest BCUT2D eigenvalue weighted by molar-refractivity contribution is -0.145. The predicted molar refractivity (Wildman–Crippen MR) is 81.0 cm³/mol. The standard InChI is InChI=1S/C16H23NO4/c1-15(2,3)13(18)20-11-9-7-8-10(17)12(11)21-14(19)16(4,5)6/h7-9H,17H2,1-6H3. The van der Waals surface area contributed by atoms with Gasteiger partial charge in [0, 0.05) is 0 Å². The zero-order valence-corrected chi connectivity index (χ0v) is 13.4. The summed E-state index contributed by atoms with van der Waals surface area (Å²) in [7, 11) is 0. The third-order valence-electron chi connectivity index (χ3n) is 2.63. The zero-order chi connectivity index (χ0) is 16.4. The molecule has 0 amide bonds. The number of anilines is 1. The average molecular weight is 293 g/mol. The van der Waals surface area contributed by atoms with Crippen molar-refractivity contribution in [2.45, 2.75) is 41.5 Å². The van der Waals surface area contributed by atoms with E-state index < -0.39 is 22.8 Å². The Morgan fingerprint density at radius 1 is 0.905 bits per heavy atom. The van der Waals surface area contributed by atoms with Gasteiger partial charge in [0.1, 0.15) is 0 Å². The van der Waals surface area contributed by atoms with Crippen molar-refractivity contribution in [3.63, 3.8) is 0 Å². The second-order valence-electron chi connectivity index (χ2n) is 6.95. The molecule has 0 fully saturated rings. The SMILES string of the molecule is CC(C)(C)C(=O)Oc1cccc(N)c1OC(=O)C(C)(C)C. The van der Waals surface area contributed by atoms with Gasteiger partial charge in [-0.15, -0.1) is 0 Å². The topological polar surface area (TPSA) is 78.6 Å². The molecule has 0 bridgehead atoms. The highest BCUT2D eigenvalue weighted by atomic mass is 16.6. The smallest absolute Gasteiger partial charge is 0.316 e. The number of rotatable bonds is 2. The van der Waals surface area contributed by atoms with Crippen molar-refractivity contribution < 1.29 is 19.1 Å². The van der Waals surface area contributed by atoms with E-state index in [1.165, 1.54) is 0 Å². The molecule has 0 aliphatic rings. The number of hydrogen-bond acceptors (Lipinski definition) is 5. The Bertz CT molecular complexity index is 550. The number of carbonyl (C=O) groups is 2. The molecule has 5 nitrogen and oxygen atoms in total. The van der Waals surface area contributed by atoms with Gasteiger partial charge in [-0.2, -0.15) is 0 Å². The molecule has 0 atom stereocenters. The van der Waals surface area contributed by atoms with Crippen molar-refractivity contribution >= 4 is 17.6 Å². The molecule has 0 radical (unpaired) electrons. The van der Waals surface area contributed by atoms with Gasteiger partial charge in [-0.25, -0.2) is 0 Å². The molecule has 0 heterocycles. The summed E-state index contributed by atoms with van der Waals surface area (Å²) in [5, 5.41) is 0. The summed E-state index contributed by atoms with van der Waals surface area (Å²) in [5.41, 5.74) is 4.71. The van der Waals surface area contributed by atoms with Crippen LogP contribution in [0.15, 0.2) is 18.2 Å². The number of benzene rings is 1. The number of nitrogens with two attached hydrogens (primary N) is 1. The fraction of sp³-hybridized carbons (Fsp3) is 0.500. The van der Waals surface area contributed by atoms with E-state index in [9.17, 15) is 9.59 Å². The van der Waals surface area contributed by atoms with Gasteiger partial charge in [-0.05, 0) is 53.7 Å². The normalized spacial score (nSPS) is 11.9. The van der Waals surface area contributed by atoms with Gasteiger partial charge in [-0.3, -0.25) is 9.59 Å². The number of esters is 2. The van der Waals surface area contributed by atoms with E-state index in [0.717, 1.165) is 0 Å². The van der Waals surface area contributed by atoms with E-state index in [2.05, 4.69) is 0 Å². The second-order valence-corrected chi connectivity index (χ2v) is 6.95. The molecule has 0 aliphatic heterocycles. The molecule has 116 valence electrons. The van der Waals surface area contributed by atoms with E-state index in [0.29, 0.717) is 0 Å². The van der Waals surface area contributed by atoms with Crippen LogP contribution in [0.3, 0.4) is 0 Å². The molecule has 0 spiro atoms. The van der Waals surface area contributed by atoms with Crippen molar-refractivity contribution in [1.29, 1.82) is 0 Å². The van der Waals surface area contributed by atoms with Crippen molar-refractivity contribution in [3.8, 4) is 11.5 Å². The van der Waals surface area contributed by atoms with Crippen LogP contribution >= 0.6 is 0 Å². The van der Waals surface area contributed by atoms with Crippen LogP contribution in [0.4, 0.5) is 5.69 Å². The average Bonchev–Trinajstić information content (AvgIpc) is 2.30. The number of hydrogen-bond donors (Lipinski definition) is 1. The lowest BCUT2D eigenvalue weighted by atomic mass is 9.97. The summed E-state index contributed by atoms with van der Waals surface area (Å²) >= 11 is 0. The Morgan fingerprint density at radius 3 is 1.86 bits per heavy atom. The van der Waals surface area contributed by atoms with Crippen LogP contribution in [0.5, 0.6) is 11.5 Å². The van der Waals surface area contributed by atoms with Crippen molar-refractivity contribution in [2.75, 3.05) is 5.73 Å². The summed E-state index contributed by atoms with van der Waals surface area (Å²) in [6, 6.07) is 4.76. The highest BCUT2D eigenvalue weighted by Gasteiger charge is 2.28. The third-order valence-corrected chi connectivity index (χ3v) is 2.63. The van der Waals surface area contributed by atoms with Crippen LogP contribution in [0.2, 0.25) is 0 Å². The van der Waals surface area contributed by atoms with Crippen LogP contribution in [-0.4, -0.2) is 11.9 Å². The molecule has 2 N–H and O–H groups in total. The van der Waals surface area contributed by atoms with Gasteiger partial charge < -0.3 is 15.2 Å². The van der Waals surface area contributed by atoms with Crippen LogP contribution in [0, 0.1) is 10.8 Å². The zero-order valence-electron chi connectivity index (χ0n) is 13.4. The largest absolute Gasteiger partial charge is 0.422 e. The number of carbonyl (C=O) groups excluding carboxylic acids is 2. The minimum Gasteiger partial charge on any atom is -0.422 e. The molecule has 1 aromatic rings. The van der Waals surface area contributed by atoms with Crippen LogP contribution < -0.4 is 15.2 Å². The first-order valence-corrected chi connectivity index (χ1v) is 6.76. The molecular weight excluding hydrogens is 270 g/mol. The fourth-order valence-electron chi connectivity index (χ4n) is 1.22. The maximum absolute atomic E-state index is 12.0. The summed E-state index contributed by atoms with van der Waals surface area (Å²) in [6.45, 7) is 10.4. The lowest BCUT2D eigenvalue weighted by Gasteiger charge is -2.21. The Labute approximate surface area is 125 Å². The van der Waals surface area contributed by atoms with Crippen LogP contribution in [-0.2, 0) is 9.59 Å². The van der Waals surface area contributed by atoms with E-state index in [1.807, 2.05) is 0 Å². The monoisotopic (exact) mass is 293 g/mol. The van der Waals surface area contributed by atoms with Crippen molar-refractivity contribution in [2.24, 2.45) is 10.8 Å². The second kappa shape index (κ2) is 5.76. The first kappa shape index (κ1) is 17.0. The molecule has 1 aromatic carbocycles.